The number of ether oxygens (including phenoxy) is 1. The van der Waals surface area contributed by atoms with Crippen LogP contribution < -0.4 is 5.32 Å². The topological polar surface area (TPSA) is 21.3 Å². The molecular weight excluding hydrogens is 88.9 g/mol. The van der Waals surface area contributed by atoms with Gasteiger partial charge in [0.25, 0.3) is 0 Å². The quantitative estimate of drug-likeness (QED) is 0.446. The van der Waals surface area contributed by atoms with Gasteiger partial charge in [0.15, 0.2) is 0 Å². The molecule has 38 valence electrons. The van der Waals surface area contributed by atoms with Crippen LogP contribution in [0.4, 0.5) is 0 Å². The van der Waals surface area contributed by atoms with Gasteiger partial charge in [-0.2, -0.15) is 0 Å². The van der Waals surface area contributed by atoms with Crippen molar-refractivity contribution in [2.24, 2.45) is 0 Å². The van der Waals surface area contributed by atoms with Crippen LogP contribution in [0.25, 0.3) is 0 Å². The zero-order valence-corrected chi connectivity index (χ0v) is 4.18. The molecule has 0 saturated carbocycles. The molecule has 0 aromatic carbocycles. The monoisotopic (exact) mass is 97.1 g/mol. The molecule has 1 saturated heterocycles. The van der Waals surface area contributed by atoms with E-state index in [1.54, 1.807) is 0 Å². The van der Waals surface area contributed by atoms with E-state index in [2.05, 4.69) is 5.32 Å². The normalized spacial score (nSPS) is 31.1. The van der Waals surface area contributed by atoms with Crippen molar-refractivity contribution in [3.05, 3.63) is 0 Å². The van der Waals surface area contributed by atoms with Crippen molar-refractivity contribution in [2.75, 3.05) is 13.2 Å². The highest BCUT2D eigenvalue weighted by Crippen LogP contribution is 1.96. The molecule has 1 atom stereocenters. The Morgan fingerprint density at radius 2 is 2.71 bits per heavy atom. The van der Waals surface area contributed by atoms with Gasteiger partial charge in [-0.1, -0.05) is 0 Å². The summed E-state index contributed by atoms with van der Waals surface area (Å²) in [6.45, 7) is 1.75. The summed E-state index contributed by atoms with van der Waals surface area (Å²) in [5, 5.41) is 3.06. The number of rotatable bonds is 1. The second-order valence-corrected chi connectivity index (χ2v) is 1.55. The van der Waals surface area contributed by atoms with E-state index in [1.807, 2.05) is 0 Å². The van der Waals surface area contributed by atoms with E-state index in [-0.39, 0.29) is 6.23 Å². The lowest BCUT2D eigenvalue weighted by atomic mass is 10.0. The second kappa shape index (κ2) is 2.33. The number of hydrogen-bond acceptors (Lipinski definition) is 2. The smallest absolute Gasteiger partial charge is 0.1000 e. The van der Waals surface area contributed by atoms with Crippen LogP contribution in [-0.4, -0.2) is 27.2 Å². The number of hydrogen-bond donors (Lipinski definition) is 1. The Labute approximate surface area is 44.6 Å². The van der Waals surface area contributed by atoms with Crippen molar-refractivity contribution >= 4 is 7.85 Å². The Morgan fingerprint density at radius 3 is 3.00 bits per heavy atom. The van der Waals surface area contributed by atoms with Gasteiger partial charge in [0.05, 0.1) is 20.7 Å². The van der Waals surface area contributed by atoms with Gasteiger partial charge in [-0.25, -0.2) is 0 Å². The van der Waals surface area contributed by atoms with Gasteiger partial charge in [0.2, 0.25) is 0 Å². The molecule has 1 heterocycles. The van der Waals surface area contributed by atoms with Crippen LogP contribution in [0, 0.1) is 0 Å². The van der Waals surface area contributed by atoms with E-state index in [4.69, 9.17) is 12.6 Å². The van der Waals surface area contributed by atoms with Crippen LogP contribution in [-0.2, 0) is 4.74 Å². The maximum Gasteiger partial charge on any atom is 0.1000 e. The van der Waals surface area contributed by atoms with Gasteiger partial charge in [-0.3, -0.25) is 5.32 Å². The lowest BCUT2D eigenvalue weighted by Crippen LogP contribution is -2.21. The van der Waals surface area contributed by atoms with Gasteiger partial charge in [0, 0.05) is 6.54 Å². The third-order valence-electron chi connectivity index (χ3n) is 1.01. The first-order valence-electron chi connectivity index (χ1n) is 2.48. The summed E-state index contributed by atoms with van der Waals surface area (Å²) in [5.41, 5.74) is 0. The Hall–Kier alpha value is -0.0151. The predicted octanol–water partition coefficient (Wildman–Crippen LogP) is -0.481. The largest absolute Gasteiger partial charge is 0.363 e. The van der Waals surface area contributed by atoms with Crippen LogP contribution in [0.15, 0.2) is 0 Å². The van der Waals surface area contributed by atoms with Crippen LogP contribution in [0.3, 0.4) is 0 Å². The fraction of sp³-hybridized carbons (Fsp3) is 1.00. The van der Waals surface area contributed by atoms with Gasteiger partial charge in [-0.05, 0) is 6.32 Å². The summed E-state index contributed by atoms with van der Waals surface area (Å²) in [6, 6.07) is 0. The molecule has 0 spiro atoms. The lowest BCUT2D eigenvalue weighted by molar-refractivity contribution is 0.117. The van der Waals surface area contributed by atoms with Crippen molar-refractivity contribution in [3.63, 3.8) is 0 Å². The lowest BCUT2D eigenvalue weighted by Gasteiger charge is -2.02. The average molecular weight is 96.9 g/mol. The van der Waals surface area contributed by atoms with Gasteiger partial charge in [-0.15, -0.1) is 0 Å². The summed E-state index contributed by atoms with van der Waals surface area (Å²) in [4.78, 5) is 0. The second-order valence-electron chi connectivity index (χ2n) is 1.55. The zero-order chi connectivity index (χ0) is 5.11. The summed E-state index contributed by atoms with van der Waals surface area (Å²) in [7, 11) is 5.25. The van der Waals surface area contributed by atoms with E-state index >= 15 is 0 Å². The summed E-state index contributed by atoms with van der Waals surface area (Å²) >= 11 is 0. The first-order chi connectivity index (χ1) is 3.43. The van der Waals surface area contributed by atoms with E-state index in [0.717, 1.165) is 13.2 Å². The molecule has 1 aliphatic heterocycles. The molecule has 1 N–H and O–H groups in total. The fourth-order valence-corrected chi connectivity index (χ4v) is 0.631. The first kappa shape index (κ1) is 5.13. The molecule has 0 amide bonds. The van der Waals surface area contributed by atoms with Crippen LogP contribution in [0.5, 0.6) is 0 Å². The van der Waals surface area contributed by atoms with Crippen LogP contribution in [0.2, 0.25) is 6.32 Å². The van der Waals surface area contributed by atoms with E-state index in [0.29, 0.717) is 6.32 Å². The Balaban J connectivity index is 2.14. The van der Waals surface area contributed by atoms with Crippen molar-refractivity contribution in [3.8, 4) is 0 Å². The Morgan fingerprint density at radius 1 is 1.86 bits per heavy atom. The molecule has 0 bridgehead atoms. The molecule has 1 aliphatic rings. The van der Waals surface area contributed by atoms with Crippen molar-refractivity contribution in [1.82, 2.24) is 5.32 Å². The van der Waals surface area contributed by atoms with Crippen molar-refractivity contribution in [2.45, 2.75) is 12.5 Å². The van der Waals surface area contributed by atoms with Crippen molar-refractivity contribution < 1.29 is 4.74 Å². The summed E-state index contributed by atoms with van der Waals surface area (Å²) < 4.78 is 5.07. The summed E-state index contributed by atoms with van der Waals surface area (Å²) in [5.74, 6) is 0. The van der Waals surface area contributed by atoms with E-state index in [1.165, 1.54) is 0 Å². The van der Waals surface area contributed by atoms with E-state index in [9.17, 15) is 0 Å². The maximum atomic E-state index is 5.25. The average Bonchev–Trinajstić information content (AvgIpc) is 2.14. The van der Waals surface area contributed by atoms with E-state index < -0.39 is 0 Å². The molecule has 2 radical (unpaired) electrons. The summed E-state index contributed by atoms with van der Waals surface area (Å²) in [6.07, 6.45) is 0.708. The molecule has 1 unspecified atom stereocenters. The Bertz CT molecular complexity index is 53.7. The molecular formula is C4H8BNO. The van der Waals surface area contributed by atoms with Crippen molar-refractivity contribution in [1.29, 1.82) is 0 Å². The highest BCUT2D eigenvalue weighted by molar-refractivity contribution is 6.08. The minimum atomic E-state index is 0.125. The molecule has 1 fully saturated rings. The Kier molecular flexibility index (Phi) is 1.71. The molecule has 0 aliphatic carbocycles. The third-order valence-corrected chi connectivity index (χ3v) is 1.01. The van der Waals surface area contributed by atoms with Gasteiger partial charge < -0.3 is 4.74 Å². The predicted molar refractivity (Wildman–Crippen MR) is 28.3 cm³/mol. The first-order valence-corrected chi connectivity index (χ1v) is 2.48. The van der Waals surface area contributed by atoms with Gasteiger partial charge >= 0.3 is 0 Å². The van der Waals surface area contributed by atoms with Crippen LogP contribution >= 0.6 is 0 Å². The molecule has 0 aromatic heterocycles. The fourth-order valence-electron chi connectivity index (χ4n) is 0.631. The standard InChI is InChI=1S/C4H8BNO/c5-3-4-6-1-2-7-4/h4,6H,1-3H2. The molecule has 2 nitrogen and oxygen atoms in total. The number of nitrogens with one attached hydrogen (secondary N) is 1. The highest BCUT2D eigenvalue weighted by atomic mass is 16.5. The van der Waals surface area contributed by atoms with Gasteiger partial charge in [0.1, 0.15) is 0 Å². The highest BCUT2D eigenvalue weighted by Gasteiger charge is 2.09. The third kappa shape index (κ3) is 1.18. The molecule has 0 aromatic rings. The molecule has 1 rings (SSSR count). The SMILES string of the molecule is [B]CC1NCCO1. The minimum absolute atomic E-state index is 0.125. The maximum absolute atomic E-state index is 5.25. The molecule has 3 heteroatoms. The zero-order valence-electron chi connectivity index (χ0n) is 4.18. The molecule has 7 heavy (non-hydrogen) atoms. The van der Waals surface area contributed by atoms with Crippen LogP contribution in [0.1, 0.15) is 0 Å². The minimum Gasteiger partial charge on any atom is -0.363 e.